The maximum absolute atomic E-state index is 5.17. The van der Waals surface area contributed by atoms with Crippen molar-refractivity contribution in [2.24, 2.45) is 7.05 Å². The Morgan fingerprint density at radius 1 is 1.14 bits per heavy atom. The van der Waals surface area contributed by atoms with Gasteiger partial charge in [0, 0.05) is 24.7 Å². The molecule has 0 amide bonds. The largest absolute Gasteiger partial charge is 0.497 e. The van der Waals surface area contributed by atoms with E-state index in [1.54, 1.807) is 7.11 Å². The van der Waals surface area contributed by atoms with Crippen molar-refractivity contribution in [3.05, 3.63) is 53.7 Å². The lowest BCUT2D eigenvalue weighted by atomic mass is 10.2. The molecule has 0 saturated heterocycles. The van der Waals surface area contributed by atoms with Gasteiger partial charge >= 0.3 is 0 Å². The summed E-state index contributed by atoms with van der Waals surface area (Å²) in [5.41, 5.74) is 4.53. The molecule has 4 nitrogen and oxygen atoms in total. The zero-order valence-electron chi connectivity index (χ0n) is 12.6. The molecule has 0 saturated carbocycles. The second-order valence-electron chi connectivity index (χ2n) is 5.14. The van der Waals surface area contributed by atoms with Crippen LogP contribution in [0.15, 0.2) is 42.5 Å². The van der Waals surface area contributed by atoms with Gasteiger partial charge < -0.3 is 10.1 Å². The Kier molecular flexibility index (Phi) is 3.52. The molecule has 2 aromatic carbocycles. The smallest absolute Gasteiger partial charge is 0.118 e. The van der Waals surface area contributed by atoms with Gasteiger partial charge in [0.1, 0.15) is 5.75 Å². The molecule has 0 fully saturated rings. The number of rotatable bonds is 4. The van der Waals surface area contributed by atoms with Gasteiger partial charge in [-0.05, 0) is 42.8 Å². The van der Waals surface area contributed by atoms with E-state index in [0.29, 0.717) is 0 Å². The molecule has 0 bridgehead atoms. The molecule has 3 aromatic rings. The summed E-state index contributed by atoms with van der Waals surface area (Å²) < 4.78 is 7.09. The van der Waals surface area contributed by atoms with Crippen LogP contribution in [0.3, 0.4) is 0 Å². The average molecular weight is 281 g/mol. The van der Waals surface area contributed by atoms with E-state index < -0.39 is 0 Å². The van der Waals surface area contributed by atoms with Crippen molar-refractivity contribution in [3.63, 3.8) is 0 Å². The van der Waals surface area contributed by atoms with E-state index in [2.05, 4.69) is 40.7 Å². The zero-order chi connectivity index (χ0) is 14.8. The quantitative estimate of drug-likeness (QED) is 0.795. The number of hydrogen-bond acceptors (Lipinski definition) is 3. The van der Waals surface area contributed by atoms with Crippen LogP contribution in [0.25, 0.3) is 10.9 Å². The van der Waals surface area contributed by atoms with E-state index in [4.69, 9.17) is 4.74 Å². The highest BCUT2D eigenvalue weighted by molar-refractivity contribution is 5.85. The van der Waals surface area contributed by atoms with Crippen molar-refractivity contribution in [2.45, 2.75) is 13.5 Å². The van der Waals surface area contributed by atoms with Crippen LogP contribution < -0.4 is 10.1 Å². The third kappa shape index (κ3) is 2.70. The Bertz CT molecular complexity index is 760. The van der Waals surface area contributed by atoms with E-state index in [1.807, 2.05) is 30.8 Å². The van der Waals surface area contributed by atoms with E-state index in [9.17, 15) is 0 Å². The standard InChI is InChI=1S/C17H19N3O/c1-12-16-9-6-14(10-17(16)20(2)19-12)18-11-13-4-7-15(21-3)8-5-13/h4-10,18H,11H2,1-3H3. The summed E-state index contributed by atoms with van der Waals surface area (Å²) in [7, 11) is 3.65. The minimum atomic E-state index is 0.784. The van der Waals surface area contributed by atoms with Gasteiger partial charge in [0.2, 0.25) is 0 Å². The highest BCUT2D eigenvalue weighted by atomic mass is 16.5. The molecule has 4 heteroatoms. The molecule has 0 aliphatic rings. The van der Waals surface area contributed by atoms with Crippen LogP contribution >= 0.6 is 0 Å². The second-order valence-corrected chi connectivity index (χ2v) is 5.14. The number of nitrogens with zero attached hydrogens (tertiary/aromatic N) is 2. The number of anilines is 1. The lowest BCUT2D eigenvalue weighted by Crippen LogP contribution is -1.99. The normalized spacial score (nSPS) is 10.8. The number of ether oxygens (including phenoxy) is 1. The van der Waals surface area contributed by atoms with Gasteiger partial charge in [-0.3, -0.25) is 4.68 Å². The molecule has 21 heavy (non-hydrogen) atoms. The van der Waals surface area contributed by atoms with E-state index in [1.165, 1.54) is 10.9 Å². The summed E-state index contributed by atoms with van der Waals surface area (Å²) in [4.78, 5) is 0. The maximum atomic E-state index is 5.17. The summed E-state index contributed by atoms with van der Waals surface area (Å²) in [6.45, 7) is 2.82. The molecular weight excluding hydrogens is 262 g/mol. The molecule has 108 valence electrons. The van der Waals surface area contributed by atoms with Crippen LogP contribution in [-0.2, 0) is 13.6 Å². The Balaban J connectivity index is 1.76. The predicted octanol–water partition coefficient (Wildman–Crippen LogP) is 3.50. The first-order valence-corrected chi connectivity index (χ1v) is 6.97. The third-order valence-corrected chi connectivity index (χ3v) is 3.69. The van der Waals surface area contributed by atoms with Crippen LogP contribution in [0.4, 0.5) is 5.69 Å². The predicted molar refractivity (Wildman–Crippen MR) is 85.8 cm³/mol. The summed E-state index contributed by atoms with van der Waals surface area (Å²) in [5, 5.41) is 9.09. The summed E-state index contributed by atoms with van der Waals surface area (Å²) >= 11 is 0. The summed E-state index contributed by atoms with van der Waals surface area (Å²) in [6, 6.07) is 14.4. The number of benzene rings is 2. The molecular formula is C17H19N3O. The fraction of sp³-hybridized carbons (Fsp3) is 0.235. The lowest BCUT2D eigenvalue weighted by molar-refractivity contribution is 0.414. The molecule has 1 N–H and O–H groups in total. The van der Waals surface area contributed by atoms with Crippen molar-refractivity contribution in [3.8, 4) is 5.75 Å². The molecule has 1 heterocycles. The van der Waals surface area contributed by atoms with Gasteiger partial charge in [0.15, 0.2) is 0 Å². The van der Waals surface area contributed by atoms with Crippen molar-refractivity contribution >= 4 is 16.6 Å². The van der Waals surface area contributed by atoms with Crippen LogP contribution in [0, 0.1) is 6.92 Å². The van der Waals surface area contributed by atoms with Crippen molar-refractivity contribution in [1.82, 2.24) is 9.78 Å². The highest BCUT2D eigenvalue weighted by Crippen LogP contribution is 2.22. The topological polar surface area (TPSA) is 39.1 Å². The maximum Gasteiger partial charge on any atom is 0.118 e. The highest BCUT2D eigenvalue weighted by Gasteiger charge is 2.05. The van der Waals surface area contributed by atoms with Crippen LogP contribution in [0.5, 0.6) is 5.75 Å². The minimum Gasteiger partial charge on any atom is -0.497 e. The molecule has 0 radical (unpaired) electrons. The Morgan fingerprint density at radius 2 is 1.90 bits per heavy atom. The van der Waals surface area contributed by atoms with Crippen molar-refractivity contribution in [2.75, 3.05) is 12.4 Å². The number of aromatic nitrogens is 2. The lowest BCUT2D eigenvalue weighted by Gasteiger charge is -2.08. The van der Waals surface area contributed by atoms with Gasteiger partial charge in [0.25, 0.3) is 0 Å². The Morgan fingerprint density at radius 3 is 2.62 bits per heavy atom. The molecule has 0 atom stereocenters. The van der Waals surface area contributed by atoms with Crippen molar-refractivity contribution < 1.29 is 4.74 Å². The summed E-state index contributed by atoms with van der Waals surface area (Å²) in [5.74, 6) is 0.880. The fourth-order valence-corrected chi connectivity index (χ4v) is 2.50. The average Bonchev–Trinajstić information content (AvgIpc) is 2.80. The third-order valence-electron chi connectivity index (χ3n) is 3.69. The Labute approximate surface area is 124 Å². The molecule has 0 spiro atoms. The van der Waals surface area contributed by atoms with Gasteiger partial charge in [0.05, 0.1) is 18.3 Å². The zero-order valence-corrected chi connectivity index (χ0v) is 12.6. The van der Waals surface area contributed by atoms with Crippen LogP contribution in [0.2, 0.25) is 0 Å². The van der Waals surface area contributed by atoms with Gasteiger partial charge in [-0.25, -0.2) is 0 Å². The second kappa shape index (κ2) is 5.48. The monoisotopic (exact) mass is 281 g/mol. The molecule has 3 rings (SSSR count). The van der Waals surface area contributed by atoms with Crippen LogP contribution in [-0.4, -0.2) is 16.9 Å². The first-order valence-electron chi connectivity index (χ1n) is 6.97. The molecule has 0 aliphatic heterocycles. The number of nitrogens with one attached hydrogen (secondary N) is 1. The number of hydrogen-bond donors (Lipinski definition) is 1. The fourth-order valence-electron chi connectivity index (χ4n) is 2.50. The van der Waals surface area contributed by atoms with Gasteiger partial charge in [-0.2, -0.15) is 5.10 Å². The van der Waals surface area contributed by atoms with E-state index in [0.717, 1.165) is 29.2 Å². The molecule has 1 aromatic heterocycles. The SMILES string of the molecule is COc1ccc(CNc2ccc3c(C)nn(C)c3c2)cc1. The van der Waals surface area contributed by atoms with E-state index >= 15 is 0 Å². The molecule has 0 aliphatic carbocycles. The number of methoxy groups -OCH3 is 1. The van der Waals surface area contributed by atoms with E-state index in [-0.39, 0.29) is 0 Å². The Hall–Kier alpha value is -2.49. The summed E-state index contributed by atoms with van der Waals surface area (Å²) in [6.07, 6.45) is 0. The van der Waals surface area contributed by atoms with Crippen molar-refractivity contribution in [1.29, 1.82) is 0 Å². The first kappa shape index (κ1) is 13.5. The van der Waals surface area contributed by atoms with Gasteiger partial charge in [-0.15, -0.1) is 0 Å². The first-order chi connectivity index (χ1) is 10.2. The number of aryl methyl sites for hydroxylation is 2. The minimum absolute atomic E-state index is 0.784. The van der Waals surface area contributed by atoms with Crippen LogP contribution in [0.1, 0.15) is 11.3 Å². The number of fused-ring (bicyclic) bond motifs is 1. The molecule has 0 unspecified atom stereocenters. The van der Waals surface area contributed by atoms with Gasteiger partial charge in [-0.1, -0.05) is 12.1 Å².